The minimum absolute atomic E-state index is 0.147. The summed E-state index contributed by atoms with van der Waals surface area (Å²) in [6.45, 7) is 9.93. The van der Waals surface area contributed by atoms with Crippen LogP contribution in [0.1, 0.15) is 33.6 Å². The van der Waals surface area contributed by atoms with Gasteiger partial charge < -0.3 is 15.4 Å². The molecular weight excluding hydrogens is 228 g/mol. The lowest BCUT2D eigenvalue weighted by atomic mass is 9.78. The highest BCUT2D eigenvalue weighted by Gasteiger charge is 2.36. The highest BCUT2D eigenvalue weighted by molar-refractivity contribution is 5.79. The van der Waals surface area contributed by atoms with Gasteiger partial charge in [-0.15, -0.1) is 0 Å². The lowest BCUT2D eigenvalue weighted by molar-refractivity contribution is -0.128. The van der Waals surface area contributed by atoms with Crippen LogP contribution < -0.4 is 10.6 Å². The Labute approximate surface area is 110 Å². The van der Waals surface area contributed by atoms with Crippen molar-refractivity contribution in [2.45, 2.75) is 39.7 Å². The average Bonchev–Trinajstić information content (AvgIpc) is 2.23. The van der Waals surface area contributed by atoms with Crippen LogP contribution in [0.5, 0.6) is 0 Å². The quantitative estimate of drug-likeness (QED) is 0.795. The second-order valence-corrected chi connectivity index (χ2v) is 6.66. The largest absolute Gasteiger partial charge is 0.377 e. The first-order valence-electron chi connectivity index (χ1n) is 7.08. The van der Waals surface area contributed by atoms with E-state index < -0.39 is 0 Å². The zero-order valence-electron chi connectivity index (χ0n) is 11.8. The molecule has 0 spiro atoms. The van der Waals surface area contributed by atoms with Crippen molar-refractivity contribution < 1.29 is 9.53 Å². The number of hydrogen-bond donors (Lipinski definition) is 2. The number of ether oxygens (including phenoxy) is 1. The fraction of sp³-hybridized carbons (Fsp3) is 0.929. The van der Waals surface area contributed by atoms with Crippen LogP contribution >= 0.6 is 0 Å². The number of carbonyl (C=O) groups is 1. The molecular formula is C14H26N2O2. The van der Waals surface area contributed by atoms with Gasteiger partial charge in [0, 0.05) is 32.2 Å². The molecule has 2 saturated heterocycles. The van der Waals surface area contributed by atoms with Gasteiger partial charge in [-0.2, -0.15) is 0 Å². The Balaban J connectivity index is 1.83. The van der Waals surface area contributed by atoms with Crippen LogP contribution in [0.4, 0.5) is 0 Å². The molecule has 0 bridgehead atoms. The van der Waals surface area contributed by atoms with Crippen molar-refractivity contribution in [3.05, 3.63) is 0 Å². The lowest BCUT2D eigenvalue weighted by Crippen LogP contribution is -2.52. The van der Waals surface area contributed by atoms with E-state index in [1.165, 1.54) is 0 Å². The normalized spacial score (nSPS) is 29.7. The minimum atomic E-state index is 0.147. The molecule has 104 valence electrons. The molecule has 0 aromatic heterocycles. The van der Waals surface area contributed by atoms with Crippen LogP contribution in [-0.2, 0) is 9.53 Å². The summed E-state index contributed by atoms with van der Waals surface area (Å²) in [7, 11) is 0. The van der Waals surface area contributed by atoms with Crippen molar-refractivity contribution in [3.8, 4) is 0 Å². The number of nitrogens with one attached hydrogen (secondary N) is 2. The van der Waals surface area contributed by atoms with Crippen LogP contribution in [0.2, 0.25) is 0 Å². The van der Waals surface area contributed by atoms with Crippen molar-refractivity contribution in [1.82, 2.24) is 10.6 Å². The Morgan fingerprint density at radius 1 is 1.39 bits per heavy atom. The molecule has 0 aromatic carbocycles. The van der Waals surface area contributed by atoms with Gasteiger partial charge in [0.2, 0.25) is 5.91 Å². The summed E-state index contributed by atoms with van der Waals surface area (Å²) in [5.41, 5.74) is 0.147. The smallest absolute Gasteiger partial charge is 0.225 e. The van der Waals surface area contributed by atoms with Crippen LogP contribution in [0.3, 0.4) is 0 Å². The molecule has 1 amide bonds. The van der Waals surface area contributed by atoms with E-state index in [9.17, 15) is 4.79 Å². The fourth-order valence-corrected chi connectivity index (χ4v) is 2.86. The number of hydrogen-bond acceptors (Lipinski definition) is 3. The average molecular weight is 254 g/mol. The molecule has 0 aromatic rings. The zero-order valence-corrected chi connectivity index (χ0v) is 11.8. The van der Waals surface area contributed by atoms with Gasteiger partial charge in [0.05, 0.1) is 12.0 Å². The maximum Gasteiger partial charge on any atom is 0.225 e. The van der Waals surface area contributed by atoms with Gasteiger partial charge >= 0.3 is 0 Å². The minimum Gasteiger partial charge on any atom is -0.377 e. The van der Waals surface area contributed by atoms with Gasteiger partial charge in [-0.3, -0.25) is 4.79 Å². The van der Waals surface area contributed by atoms with E-state index in [1.807, 2.05) is 0 Å². The first-order valence-corrected chi connectivity index (χ1v) is 7.08. The van der Waals surface area contributed by atoms with Crippen LogP contribution in [-0.4, -0.2) is 38.3 Å². The summed E-state index contributed by atoms with van der Waals surface area (Å²) in [6.07, 6.45) is 2.52. The molecule has 4 heteroatoms. The molecule has 2 aliphatic heterocycles. The predicted molar refractivity (Wildman–Crippen MR) is 71.3 cm³/mol. The Bertz CT molecular complexity index is 295. The van der Waals surface area contributed by atoms with E-state index in [-0.39, 0.29) is 23.3 Å². The Morgan fingerprint density at radius 2 is 2.11 bits per heavy atom. The van der Waals surface area contributed by atoms with Crippen LogP contribution in [0.25, 0.3) is 0 Å². The van der Waals surface area contributed by atoms with E-state index >= 15 is 0 Å². The van der Waals surface area contributed by atoms with Gasteiger partial charge in [0.25, 0.3) is 0 Å². The van der Waals surface area contributed by atoms with Gasteiger partial charge in [0.15, 0.2) is 0 Å². The molecule has 2 N–H and O–H groups in total. The SMILES string of the molecule is CC(C)(C)C1OCCCC1CNC(=O)C1CNC1. The van der Waals surface area contributed by atoms with Gasteiger partial charge in [-0.25, -0.2) is 0 Å². The summed E-state index contributed by atoms with van der Waals surface area (Å²) >= 11 is 0. The summed E-state index contributed by atoms with van der Waals surface area (Å²) < 4.78 is 5.92. The maximum atomic E-state index is 11.8. The highest BCUT2D eigenvalue weighted by atomic mass is 16.5. The molecule has 2 unspecified atom stereocenters. The third-order valence-electron chi connectivity index (χ3n) is 3.99. The molecule has 2 fully saturated rings. The van der Waals surface area contributed by atoms with Crippen LogP contribution in [0, 0.1) is 17.3 Å². The lowest BCUT2D eigenvalue weighted by Gasteiger charge is -2.40. The Morgan fingerprint density at radius 3 is 2.67 bits per heavy atom. The molecule has 0 aliphatic carbocycles. The van der Waals surface area contributed by atoms with Crippen molar-refractivity contribution in [2.75, 3.05) is 26.2 Å². The summed E-state index contributed by atoms with van der Waals surface area (Å²) in [5.74, 6) is 0.838. The number of amides is 1. The molecule has 0 saturated carbocycles. The zero-order chi connectivity index (χ0) is 13.2. The number of rotatable bonds is 3. The first kappa shape index (κ1) is 13.8. The number of carbonyl (C=O) groups excluding carboxylic acids is 1. The van der Waals surface area contributed by atoms with Crippen molar-refractivity contribution in [3.63, 3.8) is 0 Å². The van der Waals surface area contributed by atoms with Gasteiger partial charge in [-0.05, 0) is 18.3 Å². The van der Waals surface area contributed by atoms with E-state index in [2.05, 4.69) is 31.4 Å². The monoisotopic (exact) mass is 254 g/mol. The van der Waals surface area contributed by atoms with Crippen LogP contribution in [0.15, 0.2) is 0 Å². The molecule has 4 nitrogen and oxygen atoms in total. The predicted octanol–water partition coefficient (Wildman–Crippen LogP) is 1.16. The van der Waals surface area contributed by atoms with Crippen molar-refractivity contribution in [2.24, 2.45) is 17.3 Å². The second kappa shape index (κ2) is 5.57. The molecule has 2 rings (SSSR count). The Hall–Kier alpha value is -0.610. The molecule has 2 atom stereocenters. The standard InChI is InChI=1S/C14H26N2O2/c1-14(2,3)12-10(5-4-6-18-12)9-16-13(17)11-7-15-8-11/h10-12,15H,4-9H2,1-3H3,(H,16,17). The van der Waals surface area contributed by atoms with Gasteiger partial charge in [0.1, 0.15) is 0 Å². The third-order valence-corrected chi connectivity index (χ3v) is 3.99. The van der Waals surface area contributed by atoms with Gasteiger partial charge in [-0.1, -0.05) is 20.8 Å². The molecule has 2 heterocycles. The Kier molecular flexibility index (Phi) is 4.28. The topological polar surface area (TPSA) is 50.4 Å². The van der Waals surface area contributed by atoms with E-state index in [4.69, 9.17) is 4.74 Å². The molecule has 18 heavy (non-hydrogen) atoms. The molecule has 0 radical (unpaired) electrons. The maximum absolute atomic E-state index is 11.8. The van der Waals surface area contributed by atoms with E-state index in [0.29, 0.717) is 5.92 Å². The summed E-state index contributed by atoms with van der Waals surface area (Å²) in [6, 6.07) is 0. The van der Waals surface area contributed by atoms with Crippen molar-refractivity contribution in [1.29, 1.82) is 0 Å². The molecule has 2 aliphatic rings. The third kappa shape index (κ3) is 3.23. The second-order valence-electron chi connectivity index (χ2n) is 6.66. The van der Waals surface area contributed by atoms with E-state index in [1.54, 1.807) is 0 Å². The van der Waals surface area contributed by atoms with Crippen molar-refractivity contribution >= 4 is 5.91 Å². The summed E-state index contributed by atoms with van der Waals surface area (Å²) in [4.78, 5) is 11.8. The highest BCUT2D eigenvalue weighted by Crippen LogP contribution is 2.33. The first-order chi connectivity index (χ1) is 8.48. The fourth-order valence-electron chi connectivity index (χ4n) is 2.86. The van der Waals surface area contributed by atoms with E-state index in [0.717, 1.165) is 39.1 Å². The summed E-state index contributed by atoms with van der Waals surface area (Å²) in [5, 5.41) is 6.23.